The highest BCUT2D eigenvalue weighted by atomic mass is 35.5. The number of anilines is 1. The van der Waals surface area contributed by atoms with Crippen LogP contribution in [0.5, 0.6) is 5.75 Å². The van der Waals surface area contributed by atoms with Gasteiger partial charge in [0.25, 0.3) is 5.78 Å². The molecule has 1 aromatic heterocycles. The number of ether oxygens (including phenoxy) is 1. The first-order valence-electron chi connectivity index (χ1n) is 9.20. The number of benzene rings is 2. The number of amides is 1. The molecule has 1 fully saturated rings. The topological polar surface area (TPSA) is 79.7 Å². The number of carbonyl (C=O) groups is 2. The molecule has 0 spiro atoms. The summed E-state index contributed by atoms with van der Waals surface area (Å²) in [7, 11) is 0. The molecule has 1 aliphatic rings. The van der Waals surface area contributed by atoms with Crippen LogP contribution in [0.15, 0.2) is 65.7 Å². The summed E-state index contributed by atoms with van der Waals surface area (Å²) in [6, 6.07) is 12.8. The number of nitrogens with zero attached hydrogens (tertiary/aromatic N) is 2. The number of hydrogen-bond donors (Lipinski definition) is 1. The molecule has 1 atom stereocenters. The SMILES string of the molecule is CCOc1cccc(C(O)=C2C(=O)C(=O)N(c3nccs3)C2c2cccc(Cl)c2)c1. The largest absolute Gasteiger partial charge is 0.507 e. The molecule has 3 aromatic rings. The molecular formula is C22H17ClN2O4S. The maximum absolute atomic E-state index is 13.0. The molecule has 1 unspecified atom stereocenters. The lowest BCUT2D eigenvalue weighted by atomic mass is 9.95. The van der Waals surface area contributed by atoms with Crippen LogP contribution in [0.2, 0.25) is 5.02 Å². The fourth-order valence-electron chi connectivity index (χ4n) is 3.41. The Hall–Kier alpha value is -3.16. The van der Waals surface area contributed by atoms with E-state index in [1.165, 1.54) is 16.2 Å². The minimum absolute atomic E-state index is 0.0221. The average Bonchev–Trinajstić information content (AvgIpc) is 3.35. The van der Waals surface area contributed by atoms with Crippen LogP contribution in [-0.4, -0.2) is 28.4 Å². The standard InChI is InChI=1S/C22H17ClN2O4S/c1-2-29-16-8-4-6-14(12-16)19(26)17-18(13-5-3-7-15(23)11-13)25(21(28)20(17)27)22-24-9-10-30-22/h3-12,18,26H,2H2,1H3. The van der Waals surface area contributed by atoms with E-state index in [0.717, 1.165) is 0 Å². The number of aliphatic hydroxyl groups is 1. The zero-order valence-corrected chi connectivity index (χ0v) is 17.5. The minimum Gasteiger partial charge on any atom is -0.507 e. The monoisotopic (exact) mass is 440 g/mol. The Bertz CT molecular complexity index is 1140. The van der Waals surface area contributed by atoms with Crippen molar-refractivity contribution in [1.29, 1.82) is 0 Å². The minimum atomic E-state index is -0.856. The van der Waals surface area contributed by atoms with E-state index >= 15 is 0 Å². The number of rotatable bonds is 5. The van der Waals surface area contributed by atoms with Crippen LogP contribution in [-0.2, 0) is 9.59 Å². The van der Waals surface area contributed by atoms with Gasteiger partial charge in [-0.05, 0) is 36.8 Å². The van der Waals surface area contributed by atoms with Gasteiger partial charge < -0.3 is 9.84 Å². The van der Waals surface area contributed by atoms with Gasteiger partial charge in [-0.15, -0.1) is 11.3 Å². The van der Waals surface area contributed by atoms with Gasteiger partial charge in [0.05, 0.1) is 18.2 Å². The van der Waals surface area contributed by atoms with Gasteiger partial charge in [-0.1, -0.05) is 35.9 Å². The summed E-state index contributed by atoms with van der Waals surface area (Å²) in [4.78, 5) is 31.4. The Balaban J connectivity index is 1.92. The molecule has 0 saturated carbocycles. The fraction of sp³-hybridized carbons (Fsp3) is 0.136. The van der Waals surface area contributed by atoms with Gasteiger partial charge in [0.2, 0.25) is 0 Å². The van der Waals surface area contributed by atoms with E-state index in [1.54, 1.807) is 60.1 Å². The zero-order valence-electron chi connectivity index (χ0n) is 15.9. The van der Waals surface area contributed by atoms with Crippen LogP contribution in [0.1, 0.15) is 24.1 Å². The summed E-state index contributed by atoms with van der Waals surface area (Å²) < 4.78 is 5.49. The fourth-order valence-corrected chi connectivity index (χ4v) is 4.28. The van der Waals surface area contributed by atoms with Crippen molar-refractivity contribution in [2.45, 2.75) is 13.0 Å². The molecule has 1 aliphatic heterocycles. The lowest BCUT2D eigenvalue weighted by Gasteiger charge is -2.23. The Kier molecular flexibility index (Phi) is 5.57. The predicted octanol–water partition coefficient (Wildman–Crippen LogP) is 4.82. The molecule has 0 radical (unpaired) electrons. The van der Waals surface area contributed by atoms with Crippen molar-refractivity contribution in [3.05, 3.63) is 81.8 Å². The average molecular weight is 441 g/mol. The molecule has 2 heterocycles. The summed E-state index contributed by atoms with van der Waals surface area (Å²) in [6.07, 6.45) is 1.56. The van der Waals surface area contributed by atoms with E-state index in [1.807, 2.05) is 6.92 Å². The van der Waals surface area contributed by atoms with E-state index in [2.05, 4.69) is 4.98 Å². The molecule has 152 valence electrons. The number of aromatic nitrogens is 1. The number of halogens is 1. The molecule has 2 aromatic carbocycles. The van der Waals surface area contributed by atoms with Crippen molar-refractivity contribution < 1.29 is 19.4 Å². The van der Waals surface area contributed by atoms with Gasteiger partial charge in [0.15, 0.2) is 5.13 Å². The first-order chi connectivity index (χ1) is 14.5. The summed E-state index contributed by atoms with van der Waals surface area (Å²) in [5.74, 6) is -1.26. The molecule has 1 N–H and O–H groups in total. The Morgan fingerprint density at radius 2 is 2.03 bits per heavy atom. The van der Waals surface area contributed by atoms with Gasteiger partial charge >= 0.3 is 5.91 Å². The van der Waals surface area contributed by atoms with Crippen molar-refractivity contribution in [2.24, 2.45) is 0 Å². The van der Waals surface area contributed by atoms with E-state index in [4.69, 9.17) is 16.3 Å². The first kappa shape index (κ1) is 20.1. The quantitative estimate of drug-likeness (QED) is 0.349. The third kappa shape index (κ3) is 3.58. The Morgan fingerprint density at radius 3 is 2.73 bits per heavy atom. The van der Waals surface area contributed by atoms with E-state index in [0.29, 0.717) is 33.6 Å². The smallest absolute Gasteiger partial charge is 0.301 e. The van der Waals surface area contributed by atoms with E-state index < -0.39 is 17.7 Å². The lowest BCUT2D eigenvalue weighted by molar-refractivity contribution is -0.132. The number of aliphatic hydroxyl groups excluding tert-OH is 1. The number of hydrogen-bond acceptors (Lipinski definition) is 6. The number of thiazole rings is 1. The second-order valence-corrected chi connectivity index (χ2v) is 7.81. The van der Waals surface area contributed by atoms with E-state index in [-0.39, 0.29) is 11.3 Å². The molecular weight excluding hydrogens is 424 g/mol. The molecule has 1 saturated heterocycles. The Morgan fingerprint density at radius 1 is 1.23 bits per heavy atom. The van der Waals surface area contributed by atoms with Gasteiger partial charge in [0.1, 0.15) is 11.5 Å². The third-order valence-electron chi connectivity index (χ3n) is 4.65. The van der Waals surface area contributed by atoms with Crippen molar-refractivity contribution in [3.8, 4) is 5.75 Å². The van der Waals surface area contributed by atoms with Crippen molar-refractivity contribution in [2.75, 3.05) is 11.5 Å². The summed E-state index contributed by atoms with van der Waals surface area (Å²) in [5, 5.41) is 13.6. The number of Topliss-reactive ketones (excluding diaryl/α,β-unsaturated/α-hetero) is 1. The zero-order chi connectivity index (χ0) is 21.3. The van der Waals surface area contributed by atoms with E-state index in [9.17, 15) is 14.7 Å². The molecule has 1 amide bonds. The molecule has 30 heavy (non-hydrogen) atoms. The molecule has 8 heteroatoms. The summed E-state index contributed by atoms with van der Waals surface area (Å²) >= 11 is 7.40. The summed E-state index contributed by atoms with van der Waals surface area (Å²) in [5.41, 5.74) is 0.954. The van der Waals surface area contributed by atoms with Crippen molar-refractivity contribution in [3.63, 3.8) is 0 Å². The maximum atomic E-state index is 13.0. The molecule has 4 rings (SSSR count). The molecule has 0 bridgehead atoms. The van der Waals surface area contributed by atoms with Crippen LogP contribution in [0.4, 0.5) is 5.13 Å². The second kappa shape index (κ2) is 8.30. The summed E-state index contributed by atoms with van der Waals surface area (Å²) in [6.45, 7) is 2.31. The van der Waals surface area contributed by atoms with Crippen LogP contribution in [0, 0.1) is 0 Å². The van der Waals surface area contributed by atoms with Gasteiger partial charge in [-0.3, -0.25) is 14.5 Å². The predicted molar refractivity (Wildman–Crippen MR) is 116 cm³/mol. The second-order valence-electron chi connectivity index (χ2n) is 6.50. The van der Waals surface area contributed by atoms with Crippen LogP contribution in [0.3, 0.4) is 0 Å². The van der Waals surface area contributed by atoms with Crippen LogP contribution < -0.4 is 9.64 Å². The van der Waals surface area contributed by atoms with Gasteiger partial charge in [0, 0.05) is 22.2 Å². The van der Waals surface area contributed by atoms with Gasteiger partial charge in [-0.25, -0.2) is 4.98 Å². The normalized spacial score (nSPS) is 18.1. The first-order valence-corrected chi connectivity index (χ1v) is 10.5. The van der Waals surface area contributed by atoms with Gasteiger partial charge in [-0.2, -0.15) is 0 Å². The number of ketones is 1. The third-order valence-corrected chi connectivity index (χ3v) is 5.66. The van der Waals surface area contributed by atoms with Crippen LogP contribution in [0.25, 0.3) is 5.76 Å². The highest BCUT2D eigenvalue weighted by molar-refractivity contribution is 7.14. The van der Waals surface area contributed by atoms with Crippen molar-refractivity contribution >= 4 is 45.5 Å². The molecule has 0 aliphatic carbocycles. The Labute approximate surface area is 182 Å². The highest BCUT2D eigenvalue weighted by Gasteiger charge is 2.48. The maximum Gasteiger partial charge on any atom is 0.301 e. The number of carbonyl (C=O) groups excluding carboxylic acids is 2. The lowest BCUT2D eigenvalue weighted by Crippen LogP contribution is -2.29. The highest BCUT2D eigenvalue weighted by Crippen LogP contribution is 2.43. The molecule has 6 nitrogen and oxygen atoms in total. The van der Waals surface area contributed by atoms with Crippen LogP contribution >= 0.6 is 22.9 Å². The van der Waals surface area contributed by atoms with Crippen molar-refractivity contribution in [1.82, 2.24) is 4.98 Å².